The van der Waals surface area contributed by atoms with Crippen LogP contribution in [0.1, 0.15) is 194 Å². The summed E-state index contributed by atoms with van der Waals surface area (Å²) in [5.74, 6) is 0. The SMILES string of the molecule is [Al+3].[CH2-]CCCCCCCCCC.[CH2-]CCCCCCCCCC.[CH2-]CCCCCCCCCC. The molecule has 0 aromatic rings. The quantitative estimate of drug-likeness (QED) is 0.0713. The molecule has 0 amide bonds. The van der Waals surface area contributed by atoms with E-state index in [0.717, 1.165) is 19.3 Å². The zero-order valence-corrected chi connectivity index (χ0v) is 25.9. The molecule has 0 aromatic carbocycles. The third-order valence-electron chi connectivity index (χ3n) is 6.31. The van der Waals surface area contributed by atoms with Gasteiger partial charge in [-0.3, -0.25) is 0 Å². The smallest absolute Gasteiger partial charge is 0.343 e. The van der Waals surface area contributed by atoms with Crippen LogP contribution in [0.25, 0.3) is 0 Å². The number of hydrogen-bond donors (Lipinski definition) is 0. The third-order valence-corrected chi connectivity index (χ3v) is 6.31. The van der Waals surface area contributed by atoms with Crippen molar-refractivity contribution in [2.24, 2.45) is 0 Å². The molecule has 1 heteroatoms. The fourth-order valence-electron chi connectivity index (χ4n) is 3.93. The largest absolute Gasteiger partial charge is 3.00 e. The number of hydrogen-bond acceptors (Lipinski definition) is 0. The molecule has 0 atom stereocenters. The minimum absolute atomic E-state index is 0. The molecule has 0 rings (SSSR count). The van der Waals surface area contributed by atoms with Gasteiger partial charge in [-0.05, 0) is 0 Å². The molecule has 0 saturated heterocycles. The van der Waals surface area contributed by atoms with Crippen LogP contribution in [0.2, 0.25) is 0 Å². The molecule has 0 aromatic heterocycles. The number of rotatable bonds is 24. The minimum Gasteiger partial charge on any atom is -0.343 e. The van der Waals surface area contributed by atoms with E-state index in [9.17, 15) is 0 Å². The molecule has 0 bridgehead atoms. The van der Waals surface area contributed by atoms with E-state index in [1.165, 1.54) is 154 Å². The molecule has 34 heavy (non-hydrogen) atoms. The second-order valence-corrected chi connectivity index (χ2v) is 9.99. The summed E-state index contributed by atoms with van der Waals surface area (Å²) in [6.45, 7) is 18.3. The van der Waals surface area contributed by atoms with E-state index in [-0.39, 0.29) is 17.4 Å². The Hall–Kier alpha value is 0.532. The maximum absolute atomic E-state index is 3.83. The predicted molar refractivity (Wildman–Crippen MR) is 164 cm³/mol. The van der Waals surface area contributed by atoms with Gasteiger partial charge in [-0.15, -0.1) is 0 Å². The summed E-state index contributed by atoms with van der Waals surface area (Å²) in [6.07, 6.45) is 37.2. The van der Waals surface area contributed by atoms with Crippen molar-refractivity contribution in [1.29, 1.82) is 0 Å². The molecule has 0 fully saturated rings. The van der Waals surface area contributed by atoms with Crippen LogP contribution in [-0.2, 0) is 0 Å². The second-order valence-electron chi connectivity index (χ2n) is 9.99. The zero-order chi connectivity index (χ0) is 25.1. The Kier molecular flexibility index (Phi) is 57.4. The molecule has 0 N–H and O–H groups in total. The van der Waals surface area contributed by atoms with Crippen molar-refractivity contribution in [3.05, 3.63) is 20.8 Å². The maximum atomic E-state index is 3.83. The Morgan fingerprint density at radius 3 is 0.559 bits per heavy atom. The first-order valence-corrected chi connectivity index (χ1v) is 15.6. The van der Waals surface area contributed by atoms with Gasteiger partial charge in [0.2, 0.25) is 0 Å². The van der Waals surface area contributed by atoms with Crippen LogP contribution in [-0.4, -0.2) is 17.4 Å². The van der Waals surface area contributed by atoms with E-state index < -0.39 is 0 Å². The molecule has 0 aliphatic heterocycles. The first kappa shape index (κ1) is 41.7. The summed E-state index contributed by atoms with van der Waals surface area (Å²) in [6, 6.07) is 0. The van der Waals surface area contributed by atoms with E-state index in [2.05, 4.69) is 41.5 Å². The first-order chi connectivity index (χ1) is 16.2. The van der Waals surface area contributed by atoms with E-state index in [1.54, 1.807) is 0 Å². The fourth-order valence-corrected chi connectivity index (χ4v) is 3.93. The van der Waals surface area contributed by atoms with Gasteiger partial charge in [0, 0.05) is 0 Å². The normalized spacial score (nSPS) is 10.1. The maximum Gasteiger partial charge on any atom is 3.00 e. The molecule has 0 spiro atoms. The summed E-state index contributed by atoms with van der Waals surface area (Å²) in [5.41, 5.74) is 0. The van der Waals surface area contributed by atoms with Crippen LogP contribution < -0.4 is 0 Å². The zero-order valence-electron chi connectivity index (χ0n) is 24.8. The van der Waals surface area contributed by atoms with Crippen molar-refractivity contribution in [2.75, 3.05) is 0 Å². The third kappa shape index (κ3) is 53.7. The summed E-state index contributed by atoms with van der Waals surface area (Å²) < 4.78 is 0. The summed E-state index contributed by atoms with van der Waals surface area (Å²) in [4.78, 5) is 0. The van der Waals surface area contributed by atoms with E-state index in [0.29, 0.717) is 0 Å². The molecule has 0 nitrogen and oxygen atoms in total. The molecule has 0 aliphatic rings. The summed E-state index contributed by atoms with van der Waals surface area (Å²) in [7, 11) is 0. The van der Waals surface area contributed by atoms with E-state index >= 15 is 0 Å². The van der Waals surface area contributed by atoms with Crippen molar-refractivity contribution in [2.45, 2.75) is 194 Å². The van der Waals surface area contributed by atoms with Crippen molar-refractivity contribution < 1.29 is 0 Å². The molecule has 204 valence electrons. The van der Waals surface area contributed by atoms with Crippen LogP contribution >= 0.6 is 0 Å². The van der Waals surface area contributed by atoms with Crippen molar-refractivity contribution in [1.82, 2.24) is 0 Å². The standard InChI is InChI=1S/3C11H23.Al/c3*1-3-5-7-9-11-10-8-6-4-2;/h3*1,3-11H2,2H3;/q3*-1;+3. The monoisotopic (exact) mass is 493 g/mol. The molecule has 0 radical (unpaired) electrons. The predicted octanol–water partition coefficient (Wildman–Crippen LogP) is 12.7. The second kappa shape index (κ2) is 46.8. The van der Waals surface area contributed by atoms with Crippen LogP contribution in [0.3, 0.4) is 0 Å². The van der Waals surface area contributed by atoms with Gasteiger partial charge in [0.25, 0.3) is 0 Å². The van der Waals surface area contributed by atoms with Crippen LogP contribution in [0.5, 0.6) is 0 Å². The van der Waals surface area contributed by atoms with Gasteiger partial charge >= 0.3 is 17.4 Å². The van der Waals surface area contributed by atoms with Gasteiger partial charge < -0.3 is 20.8 Å². The van der Waals surface area contributed by atoms with Crippen LogP contribution in [0, 0.1) is 20.8 Å². The molecular weight excluding hydrogens is 423 g/mol. The molecule has 0 heterocycles. The van der Waals surface area contributed by atoms with E-state index in [4.69, 9.17) is 0 Å². The van der Waals surface area contributed by atoms with Crippen molar-refractivity contribution >= 4 is 17.4 Å². The van der Waals surface area contributed by atoms with Gasteiger partial charge in [-0.2, -0.15) is 19.3 Å². The first-order valence-electron chi connectivity index (χ1n) is 15.6. The van der Waals surface area contributed by atoms with Crippen molar-refractivity contribution in [3.63, 3.8) is 0 Å². The Morgan fingerprint density at radius 2 is 0.412 bits per heavy atom. The van der Waals surface area contributed by atoms with Gasteiger partial charge in [0.05, 0.1) is 0 Å². The Balaban J connectivity index is -0.000000196. The molecule has 0 aliphatic carbocycles. The van der Waals surface area contributed by atoms with Gasteiger partial charge in [0.15, 0.2) is 0 Å². The molecule has 0 unspecified atom stereocenters. The fraction of sp³-hybridized carbons (Fsp3) is 0.909. The Bertz CT molecular complexity index is 196. The average Bonchev–Trinajstić information content (AvgIpc) is 2.83. The van der Waals surface area contributed by atoms with Gasteiger partial charge in [-0.1, -0.05) is 175 Å². The molecule has 0 saturated carbocycles. The Morgan fingerprint density at radius 1 is 0.265 bits per heavy atom. The topological polar surface area (TPSA) is 0 Å². The van der Waals surface area contributed by atoms with Gasteiger partial charge in [0.1, 0.15) is 0 Å². The minimum atomic E-state index is 0. The Labute approximate surface area is 231 Å². The summed E-state index contributed by atoms with van der Waals surface area (Å²) >= 11 is 0. The molecular formula is C33H69Al. The summed E-state index contributed by atoms with van der Waals surface area (Å²) in [5, 5.41) is 0. The number of unbranched alkanes of at least 4 members (excludes halogenated alkanes) is 24. The van der Waals surface area contributed by atoms with Crippen LogP contribution in [0.15, 0.2) is 0 Å². The van der Waals surface area contributed by atoms with Gasteiger partial charge in [-0.25, -0.2) is 0 Å². The van der Waals surface area contributed by atoms with Crippen molar-refractivity contribution in [3.8, 4) is 0 Å². The van der Waals surface area contributed by atoms with Crippen LogP contribution in [0.4, 0.5) is 0 Å². The average molecular weight is 493 g/mol. The van der Waals surface area contributed by atoms with E-state index in [1.807, 2.05) is 0 Å².